The molecule has 10 nitrogen and oxygen atoms in total. The minimum Gasteiger partial charge on any atom is -0.445 e. The molecule has 4 aromatic rings. The Morgan fingerprint density at radius 2 is 1.68 bits per heavy atom. The van der Waals surface area contributed by atoms with Crippen molar-refractivity contribution in [3.63, 3.8) is 0 Å². The van der Waals surface area contributed by atoms with E-state index in [1.54, 1.807) is 0 Å². The number of carbonyl (C=O) groups excluding carboxylic acids is 2. The number of rotatable bonds is 11. The first-order valence-electron chi connectivity index (χ1n) is 18.4. The van der Waals surface area contributed by atoms with E-state index in [1.165, 1.54) is 6.08 Å². The van der Waals surface area contributed by atoms with Crippen LogP contribution in [0.4, 0.5) is 10.5 Å². The fourth-order valence-electron chi connectivity index (χ4n) is 7.77. The van der Waals surface area contributed by atoms with Crippen LogP contribution in [0.5, 0.6) is 0 Å². The van der Waals surface area contributed by atoms with E-state index in [0.29, 0.717) is 13.2 Å². The molecule has 4 unspecified atom stereocenters. The van der Waals surface area contributed by atoms with Crippen LogP contribution in [0.2, 0.25) is 0 Å². The number of piperidine rings is 1. The van der Waals surface area contributed by atoms with Crippen LogP contribution in [0.1, 0.15) is 54.4 Å². The average Bonchev–Trinajstić information content (AvgIpc) is 3.52. The van der Waals surface area contributed by atoms with Gasteiger partial charge in [0.05, 0.1) is 25.5 Å². The fourth-order valence-corrected chi connectivity index (χ4v) is 7.77. The number of ether oxygens (including phenoxy) is 3. The number of nitrogens with zero attached hydrogens (tertiary/aromatic N) is 2. The van der Waals surface area contributed by atoms with Crippen LogP contribution < -0.4 is 15.5 Å². The van der Waals surface area contributed by atoms with Crippen molar-refractivity contribution in [3.05, 3.63) is 138 Å². The minimum absolute atomic E-state index is 0.0140. The maximum absolute atomic E-state index is 13.3. The molecule has 3 N–H and O–H groups in total. The number of hydrogen-bond donors (Lipinski definition) is 3. The van der Waals surface area contributed by atoms with Gasteiger partial charge in [0.2, 0.25) is 5.91 Å². The van der Waals surface area contributed by atoms with Crippen LogP contribution in [0.3, 0.4) is 0 Å². The van der Waals surface area contributed by atoms with Crippen molar-refractivity contribution in [3.8, 4) is 11.1 Å². The number of amides is 2. The lowest BCUT2D eigenvalue weighted by molar-refractivity contribution is -0.276. The number of para-hydroxylation sites is 1. The molecular weight excluding hydrogens is 668 g/mol. The minimum atomic E-state index is -0.588. The predicted octanol–water partition coefficient (Wildman–Crippen LogP) is 6.48. The van der Waals surface area contributed by atoms with Crippen LogP contribution in [-0.4, -0.2) is 66.6 Å². The maximum atomic E-state index is 13.3. The highest BCUT2D eigenvalue weighted by molar-refractivity contribution is 5.93. The van der Waals surface area contributed by atoms with Crippen molar-refractivity contribution >= 4 is 17.7 Å². The van der Waals surface area contributed by atoms with E-state index in [9.17, 15) is 14.7 Å². The van der Waals surface area contributed by atoms with E-state index in [1.807, 2.05) is 60.7 Å². The number of alkyl carbamates (subject to hydrolysis) is 1. The number of anilines is 1. The summed E-state index contributed by atoms with van der Waals surface area (Å²) in [6.45, 7) is 9.05. The summed E-state index contributed by atoms with van der Waals surface area (Å²) < 4.78 is 18.6. The standard InChI is InChI=1S/C43H48N4O6/c1-3-24-51-42(50)44-26-32-8-7-9-36(25-32)33-16-18-35(19-17-33)40-52-38(30(2)39(53-40)34-14-12-31(28-48)13-15-34)27-46-22-20-43(21-23-46)41(49)45-29-47(43)37-10-5-4-6-11-37/h3-19,25,30,38-40,48H,1,20-24,26-29H2,2H3,(H,44,50)(H,45,49). The van der Waals surface area contributed by atoms with Gasteiger partial charge < -0.3 is 39.8 Å². The number of aliphatic hydroxyl groups is 1. The Morgan fingerprint density at radius 3 is 2.40 bits per heavy atom. The molecule has 0 aliphatic carbocycles. The summed E-state index contributed by atoms with van der Waals surface area (Å²) >= 11 is 0. The molecule has 0 saturated carbocycles. The van der Waals surface area contributed by atoms with Crippen molar-refractivity contribution in [2.24, 2.45) is 5.92 Å². The highest BCUT2D eigenvalue weighted by Crippen LogP contribution is 2.43. The number of hydrogen-bond acceptors (Lipinski definition) is 8. The van der Waals surface area contributed by atoms with Gasteiger partial charge in [-0.2, -0.15) is 0 Å². The summed E-state index contributed by atoms with van der Waals surface area (Å²) in [7, 11) is 0. The molecule has 3 aliphatic rings. The lowest BCUT2D eigenvalue weighted by Crippen LogP contribution is -2.57. The van der Waals surface area contributed by atoms with E-state index in [2.05, 4.69) is 76.4 Å². The third-order valence-electron chi connectivity index (χ3n) is 10.9. The molecule has 3 fully saturated rings. The van der Waals surface area contributed by atoms with Gasteiger partial charge in [-0.05, 0) is 58.9 Å². The zero-order valence-electron chi connectivity index (χ0n) is 30.2. The Labute approximate surface area is 311 Å². The van der Waals surface area contributed by atoms with Crippen molar-refractivity contribution in [1.82, 2.24) is 15.5 Å². The summed E-state index contributed by atoms with van der Waals surface area (Å²) in [6, 6.07) is 34.5. The maximum Gasteiger partial charge on any atom is 0.407 e. The van der Waals surface area contributed by atoms with Crippen LogP contribution >= 0.6 is 0 Å². The van der Waals surface area contributed by atoms with Crippen molar-refractivity contribution in [2.75, 3.05) is 37.8 Å². The molecule has 0 aromatic heterocycles. The number of benzene rings is 4. The topological polar surface area (TPSA) is 113 Å². The van der Waals surface area contributed by atoms with Gasteiger partial charge in [-0.1, -0.05) is 105 Å². The highest BCUT2D eigenvalue weighted by Gasteiger charge is 2.51. The molecule has 3 saturated heterocycles. The van der Waals surface area contributed by atoms with Crippen LogP contribution in [0, 0.1) is 5.92 Å². The van der Waals surface area contributed by atoms with Gasteiger partial charge >= 0.3 is 6.09 Å². The second kappa shape index (κ2) is 16.3. The van der Waals surface area contributed by atoms with Crippen LogP contribution in [0.15, 0.2) is 116 Å². The predicted molar refractivity (Wildman–Crippen MR) is 204 cm³/mol. The second-order valence-electron chi connectivity index (χ2n) is 14.1. The summed E-state index contributed by atoms with van der Waals surface area (Å²) in [5, 5.41) is 15.5. The largest absolute Gasteiger partial charge is 0.445 e. The van der Waals surface area contributed by atoms with Crippen molar-refractivity contribution in [2.45, 2.75) is 57.0 Å². The first-order chi connectivity index (χ1) is 25.9. The molecule has 10 heteroatoms. The Kier molecular flexibility index (Phi) is 11.2. The fraction of sp³-hybridized carbons (Fsp3) is 0.349. The zero-order chi connectivity index (χ0) is 36.8. The van der Waals surface area contributed by atoms with Crippen LogP contribution in [0.25, 0.3) is 11.1 Å². The number of aliphatic hydroxyl groups excluding tert-OH is 1. The van der Waals surface area contributed by atoms with Gasteiger partial charge in [-0.3, -0.25) is 4.79 Å². The highest BCUT2D eigenvalue weighted by atomic mass is 16.7. The van der Waals surface area contributed by atoms with Gasteiger partial charge in [0.1, 0.15) is 12.1 Å². The summed E-state index contributed by atoms with van der Waals surface area (Å²) in [6.07, 6.45) is 1.58. The summed E-state index contributed by atoms with van der Waals surface area (Å²) in [5.41, 5.74) is 6.35. The molecule has 2 amide bonds. The molecule has 7 rings (SSSR count). The summed E-state index contributed by atoms with van der Waals surface area (Å²) in [4.78, 5) is 29.9. The Hall–Kier alpha value is -5.00. The molecule has 276 valence electrons. The van der Waals surface area contributed by atoms with E-state index in [0.717, 1.165) is 71.5 Å². The molecule has 4 atom stereocenters. The third-order valence-corrected chi connectivity index (χ3v) is 10.9. The van der Waals surface area contributed by atoms with E-state index >= 15 is 0 Å². The second-order valence-corrected chi connectivity index (χ2v) is 14.1. The smallest absolute Gasteiger partial charge is 0.407 e. The molecule has 0 radical (unpaired) electrons. The average molecular weight is 717 g/mol. The number of carbonyl (C=O) groups is 2. The normalized spacial score (nSPS) is 22.7. The number of nitrogens with one attached hydrogen (secondary N) is 2. The molecule has 4 aromatic carbocycles. The molecular formula is C43H48N4O6. The van der Waals surface area contributed by atoms with E-state index in [4.69, 9.17) is 14.2 Å². The third kappa shape index (κ3) is 8.01. The molecule has 1 spiro atoms. The first-order valence-corrected chi connectivity index (χ1v) is 18.4. The molecule has 3 heterocycles. The lowest BCUT2D eigenvalue weighted by atomic mass is 9.84. The van der Waals surface area contributed by atoms with Gasteiger partial charge in [0, 0.05) is 43.3 Å². The zero-order valence-corrected chi connectivity index (χ0v) is 30.2. The Morgan fingerprint density at radius 1 is 0.943 bits per heavy atom. The SMILES string of the molecule is C=CCOC(=O)NCc1cccc(-c2ccc(C3OC(CN4CCC5(CC4)C(=O)NCN5c4ccccc4)C(C)C(c4ccc(CO)cc4)O3)cc2)c1. The quantitative estimate of drug-likeness (QED) is 0.151. The molecule has 53 heavy (non-hydrogen) atoms. The van der Waals surface area contributed by atoms with Gasteiger partial charge in [-0.25, -0.2) is 4.79 Å². The Balaban J connectivity index is 1.06. The monoisotopic (exact) mass is 716 g/mol. The van der Waals surface area contributed by atoms with Crippen molar-refractivity contribution in [1.29, 1.82) is 0 Å². The van der Waals surface area contributed by atoms with Gasteiger partial charge in [-0.15, -0.1) is 0 Å². The van der Waals surface area contributed by atoms with Gasteiger partial charge in [0.25, 0.3) is 0 Å². The van der Waals surface area contributed by atoms with E-state index < -0.39 is 17.9 Å². The Bertz CT molecular complexity index is 1860. The van der Waals surface area contributed by atoms with E-state index in [-0.39, 0.29) is 37.2 Å². The van der Waals surface area contributed by atoms with Crippen LogP contribution in [-0.2, 0) is 32.2 Å². The van der Waals surface area contributed by atoms with Crippen molar-refractivity contribution < 1.29 is 28.9 Å². The summed E-state index contributed by atoms with van der Waals surface area (Å²) in [5.74, 6) is 0.154. The first kappa shape index (κ1) is 36.4. The number of likely N-dealkylation sites (tertiary alicyclic amines) is 1. The van der Waals surface area contributed by atoms with Gasteiger partial charge in [0.15, 0.2) is 6.29 Å². The molecule has 0 bridgehead atoms. The lowest BCUT2D eigenvalue weighted by Gasteiger charge is -2.46. The molecule has 3 aliphatic heterocycles.